The van der Waals surface area contributed by atoms with Crippen molar-refractivity contribution in [2.75, 3.05) is 20.2 Å². The number of aromatic nitrogens is 1. The SMILES string of the molecule is COc1ccc2[nH]cc(C3CCN(C(=O)Cc4ccccc4C(=O)O)CC3)c2c1. The topological polar surface area (TPSA) is 82.6 Å². The van der Waals surface area contributed by atoms with E-state index >= 15 is 0 Å². The molecule has 6 nitrogen and oxygen atoms in total. The zero-order chi connectivity index (χ0) is 20.4. The molecule has 1 amide bonds. The molecule has 2 heterocycles. The van der Waals surface area contributed by atoms with Gasteiger partial charge in [0, 0.05) is 30.2 Å². The van der Waals surface area contributed by atoms with Gasteiger partial charge in [0.05, 0.1) is 19.1 Å². The molecule has 0 atom stereocenters. The summed E-state index contributed by atoms with van der Waals surface area (Å²) in [6.45, 7) is 1.35. The highest BCUT2D eigenvalue weighted by molar-refractivity contribution is 5.91. The monoisotopic (exact) mass is 392 g/mol. The van der Waals surface area contributed by atoms with Gasteiger partial charge in [0.1, 0.15) is 5.75 Å². The predicted molar refractivity (Wildman–Crippen MR) is 111 cm³/mol. The molecule has 1 saturated heterocycles. The minimum absolute atomic E-state index is 0.0160. The summed E-state index contributed by atoms with van der Waals surface area (Å²) in [7, 11) is 1.67. The maximum atomic E-state index is 12.7. The molecule has 0 radical (unpaired) electrons. The number of fused-ring (bicyclic) bond motifs is 1. The molecular weight excluding hydrogens is 368 g/mol. The predicted octanol–water partition coefficient (Wildman–Crippen LogP) is 3.82. The lowest BCUT2D eigenvalue weighted by Gasteiger charge is -2.32. The van der Waals surface area contributed by atoms with Crippen molar-refractivity contribution in [1.82, 2.24) is 9.88 Å². The summed E-state index contributed by atoms with van der Waals surface area (Å²) in [6, 6.07) is 12.7. The van der Waals surface area contributed by atoms with E-state index in [1.165, 1.54) is 10.9 Å². The average molecular weight is 392 g/mol. The van der Waals surface area contributed by atoms with Crippen LogP contribution in [0.3, 0.4) is 0 Å². The van der Waals surface area contributed by atoms with Crippen LogP contribution >= 0.6 is 0 Å². The maximum Gasteiger partial charge on any atom is 0.335 e. The van der Waals surface area contributed by atoms with Gasteiger partial charge in [-0.1, -0.05) is 18.2 Å². The van der Waals surface area contributed by atoms with Crippen LogP contribution in [0.4, 0.5) is 0 Å². The second-order valence-electron chi connectivity index (χ2n) is 7.45. The summed E-state index contributed by atoms with van der Waals surface area (Å²) in [5, 5.41) is 10.5. The molecule has 29 heavy (non-hydrogen) atoms. The van der Waals surface area contributed by atoms with Crippen molar-refractivity contribution in [1.29, 1.82) is 0 Å². The van der Waals surface area contributed by atoms with Gasteiger partial charge in [-0.15, -0.1) is 0 Å². The lowest BCUT2D eigenvalue weighted by Crippen LogP contribution is -2.39. The summed E-state index contributed by atoms with van der Waals surface area (Å²) >= 11 is 0. The van der Waals surface area contributed by atoms with Crippen LogP contribution in [0.25, 0.3) is 10.9 Å². The molecule has 2 N–H and O–H groups in total. The van der Waals surface area contributed by atoms with Crippen molar-refractivity contribution in [3.63, 3.8) is 0 Å². The Morgan fingerprint density at radius 2 is 1.93 bits per heavy atom. The number of hydrogen-bond acceptors (Lipinski definition) is 3. The molecule has 1 aliphatic heterocycles. The van der Waals surface area contributed by atoms with Crippen LogP contribution < -0.4 is 4.74 Å². The van der Waals surface area contributed by atoms with E-state index in [9.17, 15) is 14.7 Å². The highest BCUT2D eigenvalue weighted by Crippen LogP contribution is 2.34. The first kappa shape index (κ1) is 19.1. The van der Waals surface area contributed by atoms with Crippen LogP contribution in [0.2, 0.25) is 0 Å². The lowest BCUT2D eigenvalue weighted by atomic mass is 9.89. The van der Waals surface area contributed by atoms with Crippen molar-refractivity contribution in [2.45, 2.75) is 25.2 Å². The van der Waals surface area contributed by atoms with Gasteiger partial charge in [-0.2, -0.15) is 0 Å². The van der Waals surface area contributed by atoms with Gasteiger partial charge < -0.3 is 19.7 Å². The fourth-order valence-corrected chi connectivity index (χ4v) is 4.18. The van der Waals surface area contributed by atoms with Crippen molar-refractivity contribution < 1.29 is 19.4 Å². The third-order valence-corrected chi connectivity index (χ3v) is 5.80. The number of nitrogens with one attached hydrogen (secondary N) is 1. The second kappa shape index (κ2) is 7.99. The number of aromatic amines is 1. The molecule has 0 bridgehead atoms. The Kier molecular flexibility index (Phi) is 5.25. The van der Waals surface area contributed by atoms with E-state index < -0.39 is 5.97 Å². The van der Waals surface area contributed by atoms with E-state index in [2.05, 4.69) is 17.2 Å². The van der Waals surface area contributed by atoms with Gasteiger partial charge in [0.25, 0.3) is 0 Å². The van der Waals surface area contributed by atoms with E-state index in [0.717, 1.165) is 24.1 Å². The Labute approximate surface area is 169 Å². The van der Waals surface area contributed by atoms with E-state index in [0.29, 0.717) is 24.6 Å². The van der Waals surface area contributed by atoms with Crippen molar-refractivity contribution in [3.05, 3.63) is 65.4 Å². The summed E-state index contributed by atoms with van der Waals surface area (Å²) in [5.74, 6) is 0.203. The smallest absolute Gasteiger partial charge is 0.335 e. The first-order chi connectivity index (χ1) is 14.1. The standard InChI is InChI=1S/C23H24N2O4/c1-29-17-6-7-21-19(13-17)20(14-24-21)15-8-10-25(11-9-15)22(26)12-16-4-2-3-5-18(16)23(27)28/h2-7,13-15,24H,8-12H2,1H3,(H,27,28). The zero-order valence-corrected chi connectivity index (χ0v) is 16.4. The molecule has 0 aliphatic carbocycles. The second-order valence-corrected chi connectivity index (χ2v) is 7.45. The van der Waals surface area contributed by atoms with Gasteiger partial charge in [0.15, 0.2) is 0 Å². The van der Waals surface area contributed by atoms with Crippen LogP contribution in [0.1, 0.15) is 40.2 Å². The summed E-state index contributed by atoms with van der Waals surface area (Å²) in [5.41, 5.74) is 3.12. The number of amides is 1. The third-order valence-electron chi connectivity index (χ3n) is 5.80. The number of nitrogens with zero attached hydrogens (tertiary/aromatic N) is 1. The Morgan fingerprint density at radius 3 is 2.66 bits per heavy atom. The molecule has 4 rings (SSSR count). The van der Waals surface area contributed by atoms with Gasteiger partial charge in [-0.3, -0.25) is 4.79 Å². The molecule has 1 aromatic heterocycles. The molecule has 0 spiro atoms. The summed E-state index contributed by atoms with van der Waals surface area (Å²) < 4.78 is 5.36. The van der Waals surface area contributed by atoms with Crippen LogP contribution in [0.15, 0.2) is 48.7 Å². The quantitative estimate of drug-likeness (QED) is 0.691. The first-order valence-corrected chi connectivity index (χ1v) is 9.81. The minimum atomic E-state index is -0.998. The van der Waals surface area contributed by atoms with Crippen molar-refractivity contribution in [2.24, 2.45) is 0 Å². The van der Waals surface area contributed by atoms with E-state index in [1.807, 2.05) is 17.0 Å². The molecule has 6 heteroatoms. The number of methoxy groups -OCH3 is 1. The highest BCUT2D eigenvalue weighted by Gasteiger charge is 2.26. The number of piperidine rings is 1. The number of benzene rings is 2. The summed E-state index contributed by atoms with van der Waals surface area (Å²) in [4.78, 5) is 29.3. The Balaban J connectivity index is 1.43. The fraction of sp³-hybridized carbons (Fsp3) is 0.304. The molecular formula is C23H24N2O4. The van der Waals surface area contributed by atoms with Crippen LogP contribution in [-0.2, 0) is 11.2 Å². The van der Waals surface area contributed by atoms with E-state index in [4.69, 9.17) is 4.74 Å². The van der Waals surface area contributed by atoms with Crippen LogP contribution in [-0.4, -0.2) is 47.1 Å². The number of ether oxygens (including phenoxy) is 1. The number of carboxylic acid groups (broad SMARTS) is 1. The van der Waals surface area contributed by atoms with Gasteiger partial charge in [-0.25, -0.2) is 4.79 Å². The number of carbonyl (C=O) groups excluding carboxylic acids is 1. The highest BCUT2D eigenvalue weighted by atomic mass is 16.5. The molecule has 0 saturated carbocycles. The molecule has 150 valence electrons. The summed E-state index contributed by atoms with van der Waals surface area (Å²) in [6.07, 6.45) is 3.96. The van der Waals surface area contributed by atoms with Crippen molar-refractivity contribution >= 4 is 22.8 Å². The van der Waals surface area contributed by atoms with Gasteiger partial charge in [0.2, 0.25) is 5.91 Å². The van der Waals surface area contributed by atoms with E-state index in [1.54, 1.807) is 31.4 Å². The van der Waals surface area contributed by atoms with Crippen molar-refractivity contribution in [3.8, 4) is 5.75 Å². The number of aromatic carboxylic acids is 1. The number of likely N-dealkylation sites (tertiary alicyclic amines) is 1. The lowest BCUT2D eigenvalue weighted by molar-refractivity contribution is -0.131. The fourth-order valence-electron chi connectivity index (χ4n) is 4.18. The Bertz CT molecular complexity index is 1050. The number of carbonyl (C=O) groups is 2. The first-order valence-electron chi connectivity index (χ1n) is 9.81. The Morgan fingerprint density at radius 1 is 1.17 bits per heavy atom. The number of rotatable bonds is 5. The third kappa shape index (κ3) is 3.83. The number of hydrogen-bond donors (Lipinski definition) is 2. The zero-order valence-electron chi connectivity index (χ0n) is 16.4. The maximum absolute atomic E-state index is 12.7. The minimum Gasteiger partial charge on any atom is -0.497 e. The van der Waals surface area contributed by atoms with Gasteiger partial charge in [-0.05, 0) is 54.2 Å². The average Bonchev–Trinajstić information content (AvgIpc) is 3.17. The normalized spacial score (nSPS) is 14.9. The molecule has 1 fully saturated rings. The largest absolute Gasteiger partial charge is 0.497 e. The molecule has 3 aromatic rings. The number of carboxylic acids is 1. The number of H-pyrrole nitrogens is 1. The van der Waals surface area contributed by atoms with Gasteiger partial charge >= 0.3 is 5.97 Å². The van der Waals surface area contributed by atoms with E-state index in [-0.39, 0.29) is 17.9 Å². The molecule has 0 unspecified atom stereocenters. The molecule has 1 aliphatic rings. The van der Waals surface area contributed by atoms with Crippen LogP contribution in [0.5, 0.6) is 5.75 Å². The van der Waals surface area contributed by atoms with Crippen LogP contribution in [0, 0.1) is 0 Å². The Hall–Kier alpha value is -3.28. The molecule has 2 aromatic carbocycles.